The first-order valence-corrected chi connectivity index (χ1v) is 9.00. The van der Waals surface area contributed by atoms with E-state index in [2.05, 4.69) is 32.7 Å². The van der Waals surface area contributed by atoms with E-state index in [1.165, 1.54) is 12.1 Å². The van der Waals surface area contributed by atoms with Gasteiger partial charge in [-0.1, -0.05) is 6.92 Å². The molecule has 2 aromatic rings. The second-order valence-corrected chi connectivity index (χ2v) is 5.64. The maximum absolute atomic E-state index is 12.8. The van der Waals surface area contributed by atoms with Crippen LogP contribution in [0.25, 0.3) is 0 Å². The Kier molecular flexibility index (Phi) is 11.4. The van der Waals surface area contributed by atoms with Crippen LogP contribution in [0.15, 0.2) is 35.6 Å². The minimum atomic E-state index is -0.263. The second-order valence-electron chi connectivity index (χ2n) is 5.64. The molecule has 0 bridgehead atoms. The van der Waals surface area contributed by atoms with Crippen LogP contribution < -0.4 is 15.4 Å². The number of aryl methyl sites for hydroxylation is 1. The van der Waals surface area contributed by atoms with E-state index in [0.717, 1.165) is 44.3 Å². The molecule has 2 rings (SSSR count). The Labute approximate surface area is 176 Å². The molecule has 0 amide bonds. The zero-order valence-corrected chi connectivity index (χ0v) is 18.2. The van der Waals surface area contributed by atoms with Gasteiger partial charge in [0.25, 0.3) is 0 Å². The summed E-state index contributed by atoms with van der Waals surface area (Å²) in [6.07, 6.45) is 3.39. The second kappa shape index (κ2) is 13.3. The van der Waals surface area contributed by atoms with Gasteiger partial charge in [-0.2, -0.15) is 0 Å². The summed E-state index contributed by atoms with van der Waals surface area (Å²) in [5, 5.41) is 14.5. The van der Waals surface area contributed by atoms with Crippen LogP contribution in [0.3, 0.4) is 0 Å². The van der Waals surface area contributed by atoms with E-state index in [1.54, 1.807) is 18.5 Å². The van der Waals surface area contributed by atoms with Crippen molar-refractivity contribution in [1.29, 1.82) is 0 Å². The molecule has 150 valence electrons. The summed E-state index contributed by atoms with van der Waals surface area (Å²) in [4.78, 5) is 4.53. The van der Waals surface area contributed by atoms with E-state index in [1.807, 2.05) is 11.5 Å². The van der Waals surface area contributed by atoms with Crippen molar-refractivity contribution >= 4 is 29.9 Å². The van der Waals surface area contributed by atoms with Gasteiger partial charge in [0.15, 0.2) is 5.96 Å². The molecule has 0 saturated heterocycles. The Hall–Kier alpha value is -1.91. The van der Waals surface area contributed by atoms with Crippen LogP contribution in [0.5, 0.6) is 5.75 Å². The van der Waals surface area contributed by atoms with Gasteiger partial charge in [0.2, 0.25) is 0 Å². The summed E-state index contributed by atoms with van der Waals surface area (Å²) >= 11 is 0. The summed E-state index contributed by atoms with van der Waals surface area (Å²) in [6, 6.07) is 6.03. The summed E-state index contributed by atoms with van der Waals surface area (Å²) in [7, 11) is 0. The predicted octanol–water partition coefficient (Wildman–Crippen LogP) is 2.62. The van der Waals surface area contributed by atoms with Crippen LogP contribution in [0.2, 0.25) is 0 Å². The van der Waals surface area contributed by atoms with Crippen LogP contribution >= 0.6 is 24.0 Å². The molecule has 0 unspecified atom stereocenters. The third-order valence-electron chi connectivity index (χ3n) is 3.66. The number of ether oxygens (including phenoxy) is 1. The highest BCUT2D eigenvalue weighted by atomic mass is 127. The lowest BCUT2D eigenvalue weighted by Crippen LogP contribution is -2.39. The molecular weight excluding hydrogens is 462 g/mol. The topological polar surface area (TPSA) is 76.4 Å². The van der Waals surface area contributed by atoms with Crippen LogP contribution in [0.1, 0.15) is 26.1 Å². The lowest BCUT2D eigenvalue weighted by Gasteiger charge is -2.12. The number of nitrogens with one attached hydrogen (secondary N) is 2. The fourth-order valence-electron chi connectivity index (χ4n) is 2.35. The summed E-state index contributed by atoms with van der Waals surface area (Å²) in [5.74, 6) is 2.16. The minimum absolute atomic E-state index is 0. The van der Waals surface area contributed by atoms with Crippen molar-refractivity contribution < 1.29 is 9.13 Å². The molecular formula is C18H28FIN6O. The number of rotatable bonds is 10. The maximum Gasteiger partial charge on any atom is 0.191 e. The van der Waals surface area contributed by atoms with Gasteiger partial charge < -0.3 is 19.9 Å². The van der Waals surface area contributed by atoms with Crippen LogP contribution in [-0.2, 0) is 13.0 Å². The SMILES string of the molecule is CCNC(=NCCCOc1ccc(F)cc1)NCCn1cnnc1CC.I. The number of aromatic nitrogens is 3. The van der Waals surface area contributed by atoms with Crippen molar-refractivity contribution in [2.75, 3.05) is 26.2 Å². The first-order chi connectivity index (χ1) is 12.7. The van der Waals surface area contributed by atoms with Gasteiger partial charge in [0, 0.05) is 39.0 Å². The summed E-state index contributed by atoms with van der Waals surface area (Å²) in [6.45, 7) is 7.59. The van der Waals surface area contributed by atoms with E-state index in [9.17, 15) is 4.39 Å². The van der Waals surface area contributed by atoms with Crippen molar-refractivity contribution in [1.82, 2.24) is 25.4 Å². The first-order valence-electron chi connectivity index (χ1n) is 9.00. The molecule has 0 aliphatic carbocycles. The third kappa shape index (κ3) is 8.55. The van der Waals surface area contributed by atoms with Crippen molar-refractivity contribution in [2.24, 2.45) is 4.99 Å². The molecule has 0 saturated carbocycles. The molecule has 0 atom stereocenters. The molecule has 1 heterocycles. The largest absolute Gasteiger partial charge is 0.494 e. The number of guanidine groups is 1. The number of benzene rings is 1. The minimum Gasteiger partial charge on any atom is -0.494 e. The normalized spacial score (nSPS) is 11.0. The summed E-state index contributed by atoms with van der Waals surface area (Å²) in [5.41, 5.74) is 0. The quantitative estimate of drug-likeness (QED) is 0.232. The van der Waals surface area contributed by atoms with E-state index < -0.39 is 0 Å². The maximum atomic E-state index is 12.8. The Morgan fingerprint density at radius 2 is 2.00 bits per heavy atom. The van der Waals surface area contributed by atoms with Crippen molar-refractivity contribution in [3.05, 3.63) is 42.2 Å². The van der Waals surface area contributed by atoms with Gasteiger partial charge in [0.05, 0.1) is 6.61 Å². The Bertz CT molecular complexity index is 677. The molecule has 0 radical (unpaired) electrons. The van der Waals surface area contributed by atoms with E-state index >= 15 is 0 Å². The Balaban J connectivity index is 0.00000364. The molecule has 0 aliphatic rings. The average molecular weight is 490 g/mol. The standard InChI is InChI=1S/C18H27FN6O.HI/c1-3-17-24-23-14-25(17)12-11-22-18(20-4-2)21-10-5-13-26-16-8-6-15(19)7-9-16;/h6-9,14H,3-5,10-13H2,1-2H3,(H2,20,21,22);1H. The Morgan fingerprint density at radius 1 is 1.22 bits per heavy atom. The van der Waals surface area contributed by atoms with Gasteiger partial charge >= 0.3 is 0 Å². The Morgan fingerprint density at radius 3 is 2.70 bits per heavy atom. The van der Waals surface area contributed by atoms with E-state index in [4.69, 9.17) is 4.74 Å². The number of halogens is 2. The highest BCUT2D eigenvalue weighted by molar-refractivity contribution is 14.0. The monoisotopic (exact) mass is 490 g/mol. The van der Waals surface area contributed by atoms with Gasteiger partial charge in [-0.15, -0.1) is 34.2 Å². The highest BCUT2D eigenvalue weighted by Crippen LogP contribution is 2.11. The highest BCUT2D eigenvalue weighted by Gasteiger charge is 2.02. The molecule has 0 spiro atoms. The lowest BCUT2D eigenvalue weighted by molar-refractivity contribution is 0.313. The zero-order valence-electron chi connectivity index (χ0n) is 15.8. The molecule has 0 aliphatic heterocycles. The smallest absolute Gasteiger partial charge is 0.191 e. The molecule has 2 N–H and O–H groups in total. The van der Waals surface area contributed by atoms with Gasteiger partial charge in [0.1, 0.15) is 23.7 Å². The number of hydrogen-bond donors (Lipinski definition) is 2. The lowest BCUT2D eigenvalue weighted by atomic mass is 10.3. The van der Waals surface area contributed by atoms with Crippen LogP contribution in [-0.4, -0.2) is 47.0 Å². The molecule has 27 heavy (non-hydrogen) atoms. The van der Waals surface area contributed by atoms with E-state index in [0.29, 0.717) is 18.9 Å². The van der Waals surface area contributed by atoms with Gasteiger partial charge in [-0.25, -0.2) is 4.39 Å². The fraction of sp³-hybridized carbons (Fsp3) is 0.500. The van der Waals surface area contributed by atoms with Crippen molar-refractivity contribution in [3.63, 3.8) is 0 Å². The van der Waals surface area contributed by atoms with Gasteiger partial charge in [-0.3, -0.25) is 4.99 Å². The predicted molar refractivity (Wildman–Crippen MR) is 115 cm³/mol. The number of nitrogens with zero attached hydrogens (tertiary/aromatic N) is 4. The zero-order chi connectivity index (χ0) is 18.6. The van der Waals surface area contributed by atoms with Crippen LogP contribution in [0.4, 0.5) is 4.39 Å². The molecule has 1 aromatic carbocycles. The van der Waals surface area contributed by atoms with Crippen molar-refractivity contribution in [2.45, 2.75) is 33.2 Å². The number of hydrogen-bond acceptors (Lipinski definition) is 4. The molecule has 0 fully saturated rings. The molecule has 7 nitrogen and oxygen atoms in total. The van der Waals surface area contributed by atoms with Crippen molar-refractivity contribution in [3.8, 4) is 5.75 Å². The fourth-order valence-corrected chi connectivity index (χ4v) is 2.35. The van der Waals surface area contributed by atoms with E-state index in [-0.39, 0.29) is 29.8 Å². The third-order valence-corrected chi connectivity index (χ3v) is 3.66. The summed E-state index contributed by atoms with van der Waals surface area (Å²) < 4.78 is 20.4. The first kappa shape index (κ1) is 23.1. The average Bonchev–Trinajstić information content (AvgIpc) is 3.10. The molecule has 9 heteroatoms. The van der Waals surface area contributed by atoms with Crippen LogP contribution in [0, 0.1) is 5.82 Å². The van der Waals surface area contributed by atoms with Gasteiger partial charge in [-0.05, 0) is 31.2 Å². The number of aliphatic imine (C=N–C) groups is 1. The molecule has 1 aromatic heterocycles.